The number of hydrogen-bond acceptors (Lipinski definition) is 3. The molecule has 1 heterocycles. The Morgan fingerprint density at radius 2 is 2.12 bits per heavy atom. The lowest BCUT2D eigenvalue weighted by Crippen LogP contribution is -2.54. The predicted molar refractivity (Wildman–Crippen MR) is 69.1 cm³/mol. The highest BCUT2D eigenvalue weighted by atomic mass is 15.2. The fourth-order valence-corrected chi connectivity index (χ4v) is 2.20. The van der Waals surface area contributed by atoms with E-state index in [4.69, 9.17) is 0 Å². The van der Waals surface area contributed by atoms with Gasteiger partial charge in [-0.15, -0.1) is 0 Å². The number of anilines is 1. The quantitative estimate of drug-likeness (QED) is 0.794. The van der Waals surface area contributed by atoms with Crippen LogP contribution in [-0.2, 0) is 0 Å². The Balaban J connectivity index is 2.01. The highest BCUT2D eigenvalue weighted by Crippen LogP contribution is 2.16. The molecule has 1 unspecified atom stereocenters. The molecule has 1 aromatic rings. The van der Waals surface area contributed by atoms with Crippen molar-refractivity contribution in [2.75, 3.05) is 38.1 Å². The zero-order chi connectivity index (χ0) is 11.4. The summed E-state index contributed by atoms with van der Waals surface area (Å²) in [6, 6.07) is 9.36. The van der Waals surface area contributed by atoms with Crippen LogP contribution in [0.15, 0.2) is 24.3 Å². The summed E-state index contributed by atoms with van der Waals surface area (Å²) in [4.78, 5) is 2.46. The third-order valence-corrected chi connectivity index (χ3v) is 3.11. The van der Waals surface area contributed by atoms with Gasteiger partial charge in [0.15, 0.2) is 0 Å². The molecule has 0 amide bonds. The molecule has 0 radical (unpaired) electrons. The first-order valence-electron chi connectivity index (χ1n) is 5.99. The molecule has 3 nitrogen and oxygen atoms in total. The minimum atomic E-state index is 0.556. The summed E-state index contributed by atoms with van der Waals surface area (Å²) in [6.07, 6.45) is 0. The molecule has 1 atom stereocenters. The van der Waals surface area contributed by atoms with Crippen molar-refractivity contribution in [1.29, 1.82) is 0 Å². The second-order valence-electron chi connectivity index (χ2n) is 4.49. The van der Waals surface area contributed by atoms with Crippen LogP contribution in [0.5, 0.6) is 0 Å². The van der Waals surface area contributed by atoms with E-state index in [2.05, 4.69) is 46.7 Å². The fourth-order valence-electron chi connectivity index (χ4n) is 2.20. The number of likely N-dealkylation sites (N-methyl/N-ethyl adjacent to an activating group) is 1. The van der Waals surface area contributed by atoms with Crippen LogP contribution in [0.4, 0.5) is 5.69 Å². The molecular formula is C13H21N3. The van der Waals surface area contributed by atoms with Crippen molar-refractivity contribution in [1.82, 2.24) is 10.6 Å². The van der Waals surface area contributed by atoms with Gasteiger partial charge in [-0.1, -0.05) is 17.7 Å². The standard InChI is InChI=1S/C13H21N3/c1-11-3-5-13(6-4-11)16-8-7-15-12(10-16)9-14-2/h3-6,12,14-15H,7-10H2,1-2H3. The lowest BCUT2D eigenvalue weighted by atomic mass is 10.1. The molecule has 0 bridgehead atoms. The summed E-state index contributed by atoms with van der Waals surface area (Å²) < 4.78 is 0. The van der Waals surface area contributed by atoms with Crippen LogP contribution in [0.2, 0.25) is 0 Å². The fraction of sp³-hybridized carbons (Fsp3) is 0.538. The lowest BCUT2D eigenvalue weighted by Gasteiger charge is -2.35. The van der Waals surface area contributed by atoms with Gasteiger partial charge in [-0.25, -0.2) is 0 Å². The Hall–Kier alpha value is -1.06. The Morgan fingerprint density at radius 3 is 2.81 bits per heavy atom. The van der Waals surface area contributed by atoms with Crippen molar-refractivity contribution in [3.63, 3.8) is 0 Å². The molecule has 3 heteroatoms. The maximum absolute atomic E-state index is 3.53. The van der Waals surface area contributed by atoms with Gasteiger partial charge < -0.3 is 15.5 Å². The molecule has 88 valence electrons. The van der Waals surface area contributed by atoms with Gasteiger partial charge in [-0.3, -0.25) is 0 Å². The van der Waals surface area contributed by atoms with Crippen molar-refractivity contribution in [3.05, 3.63) is 29.8 Å². The van der Waals surface area contributed by atoms with E-state index < -0.39 is 0 Å². The van der Waals surface area contributed by atoms with E-state index >= 15 is 0 Å². The summed E-state index contributed by atoms with van der Waals surface area (Å²) in [7, 11) is 2.01. The van der Waals surface area contributed by atoms with E-state index in [0.717, 1.165) is 26.2 Å². The number of piperazine rings is 1. The van der Waals surface area contributed by atoms with Gasteiger partial charge in [-0.05, 0) is 26.1 Å². The number of nitrogens with zero attached hydrogens (tertiary/aromatic N) is 1. The van der Waals surface area contributed by atoms with Gasteiger partial charge in [0.25, 0.3) is 0 Å². The monoisotopic (exact) mass is 219 g/mol. The summed E-state index contributed by atoms with van der Waals surface area (Å²) in [5, 5.41) is 6.76. The van der Waals surface area contributed by atoms with E-state index in [-0.39, 0.29) is 0 Å². The molecule has 2 N–H and O–H groups in total. The molecule has 0 saturated carbocycles. The largest absolute Gasteiger partial charge is 0.369 e. The molecule has 1 aromatic carbocycles. The van der Waals surface area contributed by atoms with Gasteiger partial charge >= 0.3 is 0 Å². The molecular weight excluding hydrogens is 198 g/mol. The second kappa shape index (κ2) is 5.32. The predicted octanol–water partition coefficient (Wildman–Crippen LogP) is 0.993. The van der Waals surface area contributed by atoms with E-state index in [0.29, 0.717) is 6.04 Å². The van der Waals surface area contributed by atoms with Crippen molar-refractivity contribution < 1.29 is 0 Å². The maximum Gasteiger partial charge on any atom is 0.0369 e. The molecule has 0 spiro atoms. The highest BCUT2D eigenvalue weighted by molar-refractivity contribution is 5.48. The zero-order valence-electron chi connectivity index (χ0n) is 10.2. The van der Waals surface area contributed by atoms with Gasteiger partial charge in [0, 0.05) is 37.9 Å². The molecule has 0 aromatic heterocycles. The van der Waals surface area contributed by atoms with Gasteiger partial charge in [-0.2, -0.15) is 0 Å². The Bertz CT molecular complexity index is 318. The second-order valence-corrected chi connectivity index (χ2v) is 4.49. The smallest absolute Gasteiger partial charge is 0.0369 e. The molecule has 1 aliphatic heterocycles. The van der Waals surface area contributed by atoms with Gasteiger partial charge in [0.05, 0.1) is 0 Å². The van der Waals surface area contributed by atoms with E-state index in [1.807, 2.05) is 7.05 Å². The Labute approximate surface area is 97.8 Å². The van der Waals surface area contributed by atoms with Crippen molar-refractivity contribution >= 4 is 5.69 Å². The van der Waals surface area contributed by atoms with Crippen LogP contribution in [0.1, 0.15) is 5.56 Å². The summed E-state index contributed by atoms with van der Waals surface area (Å²) in [5.74, 6) is 0. The minimum absolute atomic E-state index is 0.556. The summed E-state index contributed by atoms with van der Waals surface area (Å²) in [6.45, 7) is 6.42. The molecule has 1 fully saturated rings. The van der Waals surface area contributed by atoms with Crippen LogP contribution in [-0.4, -0.2) is 39.3 Å². The number of nitrogens with one attached hydrogen (secondary N) is 2. The number of rotatable bonds is 3. The van der Waals surface area contributed by atoms with Crippen LogP contribution < -0.4 is 15.5 Å². The minimum Gasteiger partial charge on any atom is -0.369 e. The number of benzene rings is 1. The average molecular weight is 219 g/mol. The first kappa shape index (κ1) is 11.4. The molecule has 1 saturated heterocycles. The molecule has 0 aliphatic carbocycles. The van der Waals surface area contributed by atoms with Crippen molar-refractivity contribution in [2.45, 2.75) is 13.0 Å². The molecule has 2 rings (SSSR count). The van der Waals surface area contributed by atoms with E-state index in [1.165, 1.54) is 11.3 Å². The first-order valence-corrected chi connectivity index (χ1v) is 5.99. The Kier molecular flexibility index (Phi) is 3.80. The third-order valence-electron chi connectivity index (χ3n) is 3.11. The van der Waals surface area contributed by atoms with E-state index in [9.17, 15) is 0 Å². The highest BCUT2D eigenvalue weighted by Gasteiger charge is 2.18. The lowest BCUT2D eigenvalue weighted by molar-refractivity contribution is 0.443. The topological polar surface area (TPSA) is 27.3 Å². The van der Waals surface area contributed by atoms with E-state index in [1.54, 1.807) is 0 Å². The van der Waals surface area contributed by atoms with Gasteiger partial charge in [0.1, 0.15) is 0 Å². The first-order chi connectivity index (χ1) is 7.79. The normalized spacial score (nSPS) is 21.1. The number of aryl methyl sites for hydroxylation is 1. The summed E-state index contributed by atoms with van der Waals surface area (Å²) in [5.41, 5.74) is 2.67. The third kappa shape index (κ3) is 2.74. The zero-order valence-corrected chi connectivity index (χ0v) is 10.2. The van der Waals surface area contributed by atoms with Crippen LogP contribution in [0, 0.1) is 6.92 Å². The van der Waals surface area contributed by atoms with Crippen molar-refractivity contribution in [2.24, 2.45) is 0 Å². The van der Waals surface area contributed by atoms with Crippen LogP contribution in [0.25, 0.3) is 0 Å². The summed E-state index contributed by atoms with van der Waals surface area (Å²) >= 11 is 0. The van der Waals surface area contributed by atoms with Crippen molar-refractivity contribution in [3.8, 4) is 0 Å². The average Bonchev–Trinajstić information content (AvgIpc) is 2.31. The van der Waals surface area contributed by atoms with Crippen LogP contribution in [0.3, 0.4) is 0 Å². The Morgan fingerprint density at radius 1 is 1.38 bits per heavy atom. The number of hydrogen-bond donors (Lipinski definition) is 2. The van der Waals surface area contributed by atoms with Gasteiger partial charge in [0.2, 0.25) is 0 Å². The molecule has 1 aliphatic rings. The van der Waals surface area contributed by atoms with Crippen LogP contribution >= 0.6 is 0 Å². The SMILES string of the molecule is CNCC1CN(c2ccc(C)cc2)CCN1. The maximum atomic E-state index is 3.53. The molecule has 16 heavy (non-hydrogen) atoms.